The molecule has 7 atom stereocenters. The number of rotatable bonds is 5. The number of hydrogen-bond donors (Lipinski definition) is 1. The van der Waals surface area contributed by atoms with Crippen molar-refractivity contribution in [3.05, 3.63) is 12.2 Å². The summed E-state index contributed by atoms with van der Waals surface area (Å²) in [5, 5.41) is 9.66. The zero-order valence-corrected chi connectivity index (χ0v) is 17.6. The molecule has 1 N–H and O–H groups in total. The molecule has 0 amide bonds. The molecule has 3 nitrogen and oxygen atoms in total. The predicted octanol–water partition coefficient (Wildman–Crippen LogP) is 4.42. The molecule has 0 spiro atoms. The molecule has 3 aliphatic rings. The Balaban J connectivity index is 1.71. The Morgan fingerprint density at radius 2 is 1.88 bits per heavy atom. The maximum Gasteiger partial charge on any atom is 0.192 e. The normalized spacial score (nSPS) is 40.8. The SMILES string of the molecule is CC(C)(C)[Si](C)(C)O[C@H]1C[C@H]2[C@@H]3C[C@@H](C=O)[C@@H](CCO)[C@H]3C=C[C@H]2C1. The van der Waals surface area contributed by atoms with E-state index in [0.717, 1.165) is 32.0 Å². The van der Waals surface area contributed by atoms with Crippen molar-refractivity contribution in [2.75, 3.05) is 6.61 Å². The largest absolute Gasteiger partial charge is 0.414 e. The van der Waals surface area contributed by atoms with E-state index in [4.69, 9.17) is 4.43 Å². The van der Waals surface area contributed by atoms with Crippen LogP contribution in [0.4, 0.5) is 0 Å². The van der Waals surface area contributed by atoms with Crippen LogP contribution in [0.15, 0.2) is 12.2 Å². The summed E-state index contributed by atoms with van der Waals surface area (Å²) in [6.45, 7) is 11.8. The van der Waals surface area contributed by atoms with E-state index in [1.165, 1.54) is 0 Å². The number of carbonyl (C=O) groups is 1. The van der Waals surface area contributed by atoms with Gasteiger partial charge in [-0.05, 0) is 73.4 Å². The van der Waals surface area contributed by atoms with Crippen molar-refractivity contribution >= 4 is 14.6 Å². The molecule has 4 heteroatoms. The molecule has 0 heterocycles. The molecule has 0 radical (unpaired) electrons. The molecule has 0 aliphatic heterocycles. The van der Waals surface area contributed by atoms with Gasteiger partial charge in [-0.15, -0.1) is 0 Å². The standard InChI is InChI=1S/C21H36O3Si/c1-21(2,3)25(4,5)24-16-10-14-6-7-18-17(8-9-22)15(13-23)11-20(18)19(14)12-16/h6-7,13-20,22H,8-12H2,1-5H3/t14-,15-,16+,17+,18+,19+,20+/m0/s1. The molecule has 0 aromatic carbocycles. The van der Waals surface area contributed by atoms with Gasteiger partial charge in [-0.1, -0.05) is 32.9 Å². The number of carbonyl (C=O) groups excluding carboxylic acids is 1. The van der Waals surface area contributed by atoms with Crippen LogP contribution in [-0.2, 0) is 9.22 Å². The Morgan fingerprint density at radius 1 is 1.16 bits per heavy atom. The third-order valence-electron chi connectivity index (χ3n) is 7.74. The van der Waals surface area contributed by atoms with Crippen LogP contribution in [0.3, 0.4) is 0 Å². The van der Waals surface area contributed by atoms with Crippen molar-refractivity contribution < 1.29 is 14.3 Å². The molecular weight excluding hydrogens is 328 g/mol. The van der Waals surface area contributed by atoms with E-state index in [-0.39, 0.29) is 17.6 Å². The van der Waals surface area contributed by atoms with Crippen LogP contribution < -0.4 is 0 Å². The third kappa shape index (κ3) is 3.54. The fourth-order valence-electron chi connectivity index (χ4n) is 5.43. The van der Waals surface area contributed by atoms with Gasteiger partial charge in [-0.3, -0.25) is 0 Å². The van der Waals surface area contributed by atoms with Gasteiger partial charge in [-0.2, -0.15) is 0 Å². The summed E-state index contributed by atoms with van der Waals surface area (Å²) in [4.78, 5) is 11.6. The minimum atomic E-state index is -1.73. The molecular formula is C21H36O3Si. The third-order valence-corrected chi connectivity index (χ3v) is 12.3. The number of aliphatic hydroxyl groups is 1. The quantitative estimate of drug-likeness (QED) is 0.446. The predicted molar refractivity (Wildman–Crippen MR) is 104 cm³/mol. The second-order valence-corrected chi connectivity index (χ2v) is 14.9. The number of aldehydes is 1. The Morgan fingerprint density at radius 3 is 2.48 bits per heavy atom. The first-order valence-corrected chi connectivity index (χ1v) is 13.0. The van der Waals surface area contributed by atoms with Crippen molar-refractivity contribution in [2.24, 2.45) is 35.5 Å². The van der Waals surface area contributed by atoms with E-state index >= 15 is 0 Å². The van der Waals surface area contributed by atoms with Crippen LogP contribution in [0.25, 0.3) is 0 Å². The summed E-state index contributed by atoms with van der Waals surface area (Å²) >= 11 is 0. The summed E-state index contributed by atoms with van der Waals surface area (Å²) in [6, 6.07) is 0. The second-order valence-electron chi connectivity index (χ2n) is 10.1. The Bertz CT molecular complexity index is 522. The summed E-state index contributed by atoms with van der Waals surface area (Å²) in [5.41, 5.74) is 0. The van der Waals surface area contributed by atoms with Crippen LogP contribution in [-0.4, -0.2) is 32.4 Å². The summed E-state index contributed by atoms with van der Waals surface area (Å²) < 4.78 is 6.73. The zero-order chi connectivity index (χ0) is 18.4. The van der Waals surface area contributed by atoms with Gasteiger partial charge in [0.05, 0.1) is 0 Å². The highest BCUT2D eigenvalue weighted by Crippen LogP contribution is 2.56. The fraction of sp³-hybridized carbons (Fsp3) is 0.857. The second kappa shape index (κ2) is 6.93. The molecule has 25 heavy (non-hydrogen) atoms. The van der Waals surface area contributed by atoms with Gasteiger partial charge >= 0.3 is 0 Å². The molecule has 2 fully saturated rings. The Hall–Kier alpha value is -0.453. The molecule has 0 unspecified atom stereocenters. The molecule has 3 aliphatic carbocycles. The van der Waals surface area contributed by atoms with Crippen molar-refractivity contribution in [3.63, 3.8) is 0 Å². The number of fused-ring (bicyclic) bond motifs is 3. The first-order chi connectivity index (χ1) is 11.7. The lowest BCUT2D eigenvalue weighted by atomic mass is 9.71. The number of hydrogen-bond acceptors (Lipinski definition) is 3. The van der Waals surface area contributed by atoms with Gasteiger partial charge in [0.15, 0.2) is 8.32 Å². The van der Waals surface area contributed by atoms with Crippen molar-refractivity contribution in [2.45, 2.75) is 70.7 Å². The maximum absolute atomic E-state index is 11.6. The minimum absolute atomic E-state index is 0.130. The molecule has 0 aromatic heterocycles. The molecule has 2 saturated carbocycles. The van der Waals surface area contributed by atoms with Gasteiger partial charge < -0.3 is 14.3 Å². The highest BCUT2D eigenvalue weighted by Gasteiger charge is 2.52. The van der Waals surface area contributed by atoms with Crippen molar-refractivity contribution in [1.29, 1.82) is 0 Å². The first kappa shape index (κ1) is 19.3. The lowest BCUT2D eigenvalue weighted by Gasteiger charge is -2.38. The number of allylic oxidation sites excluding steroid dienone is 2. The highest BCUT2D eigenvalue weighted by molar-refractivity contribution is 6.74. The van der Waals surface area contributed by atoms with Gasteiger partial charge in [0.1, 0.15) is 6.29 Å². The summed E-state index contributed by atoms with van der Waals surface area (Å²) in [6.07, 6.45) is 10.4. The van der Waals surface area contributed by atoms with Gasteiger partial charge in [0, 0.05) is 18.6 Å². The molecule has 0 aromatic rings. The van der Waals surface area contributed by atoms with E-state index in [1.807, 2.05) is 0 Å². The maximum atomic E-state index is 11.6. The Kier molecular flexibility index (Phi) is 5.36. The number of aliphatic hydroxyl groups excluding tert-OH is 1. The Labute approximate surface area is 154 Å². The topological polar surface area (TPSA) is 46.5 Å². The van der Waals surface area contributed by atoms with E-state index < -0.39 is 8.32 Å². The van der Waals surface area contributed by atoms with Crippen LogP contribution in [0.2, 0.25) is 18.1 Å². The van der Waals surface area contributed by atoms with Crippen molar-refractivity contribution in [3.8, 4) is 0 Å². The molecule has 0 saturated heterocycles. The smallest absolute Gasteiger partial charge is 0.192 e. The average molecular weight is 365 g/mol. The van der Waals surface area contributed by atoms with Crippen LogP contribution in [0.1, 0.15) is 46.5 Å². The lowest BCUT2D eigenvalue weighted by Crippen LogP contribution is -2.43. The average Bonchev–Trinajstić information content (AvgIpc) is 3.06. The van der Waals surface area contributed by atoms with Crippen LogP contribution >= 0.6 is 0 Å². The van der Waals surface area contributed by atoms with Crippen LogP contribution in [0.5, 0.6) is 0 Å². The van der Waals surface area contributed by atoms with E-state index in [2.05, 4.69) is 46.0 Å². The fourth-order valence-corrected chi connectivity index (χ4v) is 6.81. The van der Waals surface area contributed by atoms with E-state index in [1.54, 1.807) is 0 Å². The van der Waals surface area contributed by atoms with Gasteiger partial charge in [-0.25, -0.2) is 0 Å². The van der Waals surface area contributed by atoms with Crippen LogP contribution in [0, 0.1) is 35.5 Å². The highest BCUT2D eigenvalue weighted by atomic mass is 28.4. The van der Waals surface area contributed by atoms with Crippen molar-refractivity contribution in [1.82, 2.24) is 0 Å². The monoisotopic (exact) mass is 364 g/mol. The van der Waals surface area contributed by atoms with E-state index in [0.29, 0.717) is 35.7 Å². The summed E-state index contributed by atoms with van der Waals surface area (Å²) in [5.74, 6) is 2.84. The molecule has 3 rings (SSSR count). The van der Waals surface area contributed by atoms with Gasteiger partial charge in [0.25, 0.3) is 0 Å². The minimum Gasteiger partial charge on any atom is -0.414 e. The first-order valence-electron chi connectivity index (χ1n) is 10.1. The zero-order valence-electron chi connectivity index (χ0n) is 16.6. The van der Waals surface area contributed by atoms with E-state index in [9.17, 15) is 9.90 Å². The molecule has 0 bridgehead atoms. The van der Waals surface area contributed by atoms with Gasteiger partial charge in [0.2, 0.25) is 0 Å². The summed E-state index contributed by atoms with van der Waals surface area (Å²) in [7, 11) is -1.73. The molecule has 142 valence electrons. The lowest BCUT2D eigenvalue weighted by molar-refractivity contribution is -0.112.